The molecule has 0 aliphatic carbocycles. The summed E-state index contributed by atoms with van der Waals surface area (Å²) in [4.78, 5) is 10.6. The second-order valence-corrected chi connectivity index (χ2v) is 3.65. The van der Waals surface area contributed by atoms with E-state index in [4.69, 9.17) is 5.11 Å². The minimum absolute atomic E-state index is 0.0920. The van der Waals surface area contributed by atoms with Crippen molar-refractivity contribution in [2.45, 2.75) is 6.42 Å². The maximum atomic E-state index is 13.2. The Morgan fingerprint density at radius 2 is 1.56 bits per heavy atom. The number of hydrogen-bond acceptors (Lipinski definition) is 1. The highest BCUT2D eigenvalue weighted by Gasteiger charge is 2.28. The van der Waals surface area contributed by atoms with Crippen LogP contribution in [0.15, 0.2) is 0 Å². The van der Waals surface area contributed by atoms with Gasteiger partial charge in [0.2, 0.25) is 0 Å². The number of benzene rings is 1. The lowest BCUT2D eigenvalue weighted by Crippen LogP contribution is -2.13. The lowest BCUT2D eigenvalue weighted by atomic mass is 10.0. The van der Waals surface area contributed by atoms with E-state index in [0.717, 1.165) is 0 Å². The van der Waals surface area contributed by atoms with Crippen molar-refractivity contribution in [3.8, 4) is 0 Å². The molecule has 0 spiro atoms. The molecule has 88 valence electrons. The summed E-state index contributed by atoms with van der Waals surface area (Å²) in [5.74, 6) is -9.52. The zero-order valence-electron chi connectivity index (χ0n) is 7.66. The smallest absolute Gasteiger partial charge is 0.339 e. The van der Waals surface area contributed by atoms with E-state index in [1.54, 1.807) is 0 Å². The van der Waals surface area contributed by atoms with Crippen LogP contribution in [0.1, 0.15) is 15.9 Å². The molecule has 1 aromatic carbocycles. The first kappa shape index (κ1) is 13.0. The predicted molar refractivity (Wildman–Crippen MR) is 50.7 cm³/mol. The Bertz CT molecular complexity index is 448. The number of carboxylic acids is 1. The first-order chi connectivity index (χ1) is 7.41. The van der Waals surface area contributed by atoms with Crippen molar-refractivity contribution in [3.05, 3.63) is 34.4 Å². The molecule has 1 aromatic rings. The summed E-state index contributed by atoms with van der Waals surface area (Å²) in [6, 6.07) is 0. The summed E-state index contributed by atoms with van der Waals surface area (Å²) in [7, 11) is 0. The third-order valence-electron chi connectivity index (χ3n) is 1.92. The van der Waals surface area contributed by atoms with Crippen LogP contribution in [0.3, 0.4) is 0 Å². The quantitative estimate of drug-likeness (QED) is 0.403. The van der Waals surface area contributed by atoms with Crippen molar-refractivity contribution < 1.29 is 27.5 Å². The highest BCUT2D eigenvalue weighted by molar-refractivity contribution is 9.09. The van der Waals surface area contributed by atoms with Crippen LogP contribution >= 0.6 is 15.9 Å². The molecule has 1 rings (SSSR count). The van der Waals surface area contributed by atoms with E-state index in [2.05, 4.69) is 15.9 Å². The topological polar surface area (TPSA) is 37.3 Å². The van der Waals surface area contributed by atoms with Gasteiger partial charge in [0.25, 0.3) is 0 Å². The summed E-state index contributed by atoms with van der Waals surface area (Å²) in [6.45, 7) is 0. The number of carboxylic acid groups (broad SMARTS) is 1. The van der Waals surface area contributed by atoms with Crippen LogP contribution in [-0.2, 0) is 6.42 Å². The van der Waals surface area contributed by atoms with Gasteiger partial charge >= 0.3 is 5.97 Å². The van der Waals surface area contributed by atoms with Gasteiger partial charge in [-0.1, -0.05) is 15.9 Å². The molecule has 0 saturated heterocycles. The second kappa shape index (κ2) is 4.82. The Morgan fingerprint density at radius 1 is 1.06 bits per heavy atom. The van der Waals surface area contributed by atoms with E-state index in [1.165, 1.54) is 0 Å². The van der Waals surface area contributed by atoms with Crippen LogP contribution in [0.2, 0.25) is 0 Å². The van der Waals surface area contributed by atoms with Gasteiger partial charge < -0.3 is 5.11 Å². The molecule has 1 N–H and O–H groups in total. The fourth-order valence-electron chi connectivity index (χ4n) is 1.23. The Kier molecular flexibility index (Phi) is 3.90. The summed E-state index contributed by atoms with van der Waals surface area (Å²) in [6.07, 6.45) is -0.262. The zero-order valence-corrected chi connectivity index (χ0v) is 9.25. The number of hydrogen-bond donors (Lipinski definition) is 1. The van der Waals surface area contributed by atoms with E-state index in [1.807, 2.05) is 0 Å². The first-order valence-electron chi connectivity index (χ1n) is 4.05. The van der Waals surface area contributed by atoms with Crippen LogP contribution in [0.4, 0.5) is 17.6 Å². The number of alkyl halides is 1. The lowest BCUT2D eigenvalue weighted by molar-refractivity contribution is 0.0688. The van der Waals surface area contributed by atoms with Gasteiger partial charge in [0.1, 0.15) is 5.56 Å². The summed E-state index contributed by atoms with van der Waals surface area (Å²) >= 11 is 2.87. The van der Waals surface area contributed by atoms with Crippen LogP contribution < -0.4 is 0 Å². The highest BCUT2D eigenvalue weighted by atomic mass is 79.9. The van der Waals surface area contributed by atoms with E-state index in [9.17, 15) is 22.4 Å². The highest BCUT2D eigenvalue weighted by Crippen LogP contribution is 2.25. The normalized spacial score (nSPS) is 10.6. The van der Waals surface area contributed by atoms with Crippen molar-refractivity contribution in [1.29, 1.82) is 0 Å². The van der Waals surface area contributed by atoms with E-state index in [-0.39, 0.29) is 11.8 Å². The number of halogens is 5. The molecule has 2 nitrogen and oxygen atoms in total. The predicted octanol–water partition coefficient (Wildman–Crippen LogP) is 2.88. The zero-order chi connectivity index (χ0) is 12.5. The van der Waals surface area contributed by atoms with Crippen molar-refractivity contribution in [3.63, 3.8) is 0 Å². The average molecular weight is 301 g/mol. The maximum Gasteiger partial charge on any atom is 0.339 e. The lowest BCUT2D eigenvalue weighted by Gasteiger charge is -2.09. The largest absolute Gasteiger partial charge is 0.478 e. The molecule has 0 aliphatic heterocycles. The minimum atomic E-state index is -2.12. The van der Waals surface area contributed by atoms with Gasteiger partial charge in [-0.3, -0.25) is 0 Å². The third-order valence-corrected chi connectivity index (χ3v) is 2.32. The molecule has 0 amide bonds. The fraction of sp³-hybridized carbons (Fsp3) is 0.222. The fourth-order valence-corrected chi connectivity index (χ4v) is 1.63. The number of carbonyl (C=O) groups is 1. The van der Waals surface area contributed by atoms with Crippen molar-refractivity contribution in [2.24, 2.45) is 0 Å². The molecule has 7 heteroatoms. The SMILES string of the molecule is O=C(O)c1c(F)c(F)c(F)c(F)c1CCBr. The van der Waals surface area contributed by atoms with Gasteiger partial charge in [-0.05, 0) is 6.42 Å². The Hall–Kier alpha value is -1.11. The van der Waals surface area contributed by atoms with Crippen LogP contribution in [-0.4, -0.2) is 16.4 Å². The molecule has 0 aliphatic rings. The standard InChI is InChI=1S/C9H5BrF4O2/c10-2-1-3-4(9(15)16)6(12)8(14)7(13)5(3)11/h1-2H2,(H,15,16). The van der Waals surface area contributed by atoms with Crippen LogP contribution in [0, 0.1) is 23.3 Å². The Labute approximate surface area is 96.0 Å². The summed E-state index contributed by atoms with van der Waals surface area (Å²) in [5, 5.41) is 8.69. The molecule has 0 radical (unpaired) electrons. The van der Waals surface area contributed by atoms with E-state index >= 15 is 0 Å². The van der Waals surface area contributed by atoms with Gasteiger partial charge in [0.15, 0.2) is 23.3 Å². The molecular formula is C9H5BrF4O2. The maximum absolute atomic E-state index is 13.2. The van der Waals surface area contributed by atoms with Crippen LogP contribution in [0.5, 0.6) is 0 Å². The monoisotopic (exact) mass is 300 g/mol. The first-order valence-corrected chi connectivity index (χ1v) is 5.18. The van der Waals surface area contributed by atoms with Crippen molar-refractivity contribution in [2.75, 3.05) is 5.33 Å². The third kappa shape index (κ3) is 2.04. The van der Waals surface area contributed by atoms with E-state index in [0.29, 0.717) is 0 Å². The molecule has 16 heavy (non-hydrogen) atoms. The van der Waals surface area contributed by atoms with E-state index < -0.39 is 40.4 Å². The van der Waals surface area contributed by atoms with Crippen molar-refractivity contribution in [1.82, 2.24) is 0 Å². The summed E-state index contributed by atoms with van der Waals surface area (Å²) in [5.41, 5.74) is -1.86. The van der Waals surface area contributed by atoms with Crippen LogP contribution in [0.25, 0.3) is 0 Å². The summed E-state index contributed by atoms with van der Waals surface area (Å²) < 4.78 is 51.9. The second-order valence-electron chi connectivity index (χ2n) is 2.85. The molecule has 0 atom stereocenters. The van der Waals surface area contributed by atoms with Gasteiger partial charge in [-0.2, -0.15) is 0 Å². The number of aromatic carboxylic acids is 1. The molecule has 0 saturated carbocycles. The molecule has 0 aromatic heterocycles. The average Bonchev–Trinajstić information content (AvgIpc) is 2.23. The Morgan fingerprint density at radius 3 is 2.00 bits per heavy atom. The van der Waals surface area contributed by atoms with Gasteiger partial charge in [0, 0.05) is 10.9 Å². The van der Waals surface area contributed by atoms with Gasteiger partial charge in [0.05, 0.1) is 0 Å². The molecule has 0 bridgehead atoms. The van der Waals surface area contributed by atoms with Gasteiger partial charge in [-0.15, -0.1) is 0 Å². The minimum Gasteiger partial charge on any atom is -0.478 e. The van der Waals surface area contributed by atoms with Gasteiger partial charge in [-0.25, -0.2) is 22.4 Å². The Balaban J connectivity index is 3.61. The molecular weight excluding hydrogens is 296 g/mol. The molecule has 0 fully saturated rings. The molecule has 0 heterocycles. The number of rotatable bonds is 3. The molecule has 0 unspecified atom stereocenters. The van der Waals surface area contributed by atoms with Crippen molar-refractivity contribution >= 4 is 21.9 Å².